The molecule has 1 atom stereocenters. The van der Waals surface area contributed by atoms with Gasteiger partial charge in [0.2, 0.25) is 5.82 Å². The molecule has 33 heavy (non-hydrogen) atoms. The Morgan fingerprint density at radius 2 is 1.97 bits per heavy atom. The molecule has 0 aliphatic rings. The third-order valence-electron chi connectivity index (χ3n) is 5.84. The van der Waals surface area contributed by atoms with Crippen molar-refractivity contribution in [1.82, 2.24) is 25.2 Å². The average Bonchev–Trinajstić information content (AvgIpc) is 3.48. The van der Waals surface area contributed by atoms with Gasteiger partial charge in [-0.2, -0.15) is 5.21 Å². The van der Waals surface area contributed by atoms with Crippen molar-refractivity contribution in [2.75, 3.05) is 5.32 Å². The minimum Gasteiger partial charge on any atom is -0.455 e. The Bertz CT molecular complexity index is 1510. The largest absolute Gasteiger partial charge is 0.455 e. The summed E-state index contributed by atoms with van der Waals surface area (Å²) in [6.07, 6.45) is 3.89. The predicted octanol–water partition coefficient (Wildman–Crippen LogP) is 4.77. The first kappa shape index (κ1) is 20.7. The van der Waals surface area contributed by atoms with Crippen LogP contribution in [-0.4, -0.2) is 25.2 Å². The van der Waals surface area contributed by atoms with Crippen LogP contribution in [0.25, 0.3) is 33.7 Å². The first-order chi connectivity index (χ1) is 15.9. The van der Waals surface area contributed by atoms with Crippen LogP contribution in [0.3, 0.4) is 0 Å². The summed E-state index contributed by atoms with van der Waals surface area (Å²) >= 11 is 0. The minimum atomic E-state index is -0.157. The van der Waals surface area contributed by atoms with Gasteiger partial charge in [-0.15, -0.1) is 10.2 Å². The molecule has 2 aromatic carbocycles. The van der Waals surface area contributed by atoms with E-state index in [-0.39, 0.29) is 11.5 Å². The number of nitrogens with one attached hydrogen (secondary N) is 2. The number of H-pyrrole nitrogens is 1. The van der Waals surface area contributed by atoms with Gasteiger partial charge in [0.1, 0.15) is 11.3 Å². The molecule has 3 aromatic heterocycles. The maximum absolute atomic E-state index is 13.3. The van der Waals surface area contributed by atoms with Crippen LogP contribution in [0.1, 0.15) is 29.7 Å². The molecule has 0 bridgehead atoms. The highest BCUT2D eigenvalue weighted by Gasteiger charge is 2.20. The second-order valence-corrected chi connectivity index (χ2v) is 8.33. The number of tetrazole rings is 1. The zero-order valence-electron chi connectivity index (χ0n) is 18.9. The van der Waals surface area contributed by atoms with Crippen LogP contribution in [-0.2, 0) is 7.05 Å². The predicted molar refractivity (Wildman–Crippen MR) is 128 cm³/mol. The van der Waals surface area contributed by atoms with E-state index in [0.29, 0.717) is 28.1 Å². The van der Waals surface area contributed by atoms with Crippen LogP contribution in [0.15, 0.2) is 64.1 Å². The third kappa shape index (κ3) is 3.69. The molecule has 0 aliphatic heterocycles. The lowest BCUT2D eigenvalue weighted by Crippen LogP contribution is -2.12. The smallest absolute Gasteiger partial charge is 0.206 e. The van der Waals surface area contributed by atoms with Crippen molar-refractivity contribution in [3.63, 3.8) is 0 Å². The Balaban J connectivity index is 1.64. The third-order valence-corrected chi connectivity index (χ3v) is 5.84. The van der Waals surface area contributed by atoms with E-state index in [0.717, 1.165) is 27.9 Å². The second kappa shape index (κ2) is 8.05. The summed E-state index contributed by atoms with van der Waals surface area (Å²) < 4.78 is 8.37. The van der Waals surface area contributed by atoms with E-state index in [4.69, 9.17) is 4.42 Å². The summed E-state index contributed by atoms with van der Waals surface area (Å²) in [4.78, 5) is 13.3. The average molecular weight is 441 g/mol. The standard InChI is InChI=1S/C25H24N6O2/c1-14-11-19(16(3)26-21-8-6-5-7-18(21)25-27-29-30-28-25)24-20(12-14)22(32)15(2)23(33-24)17-9-10-31(4)13-17/h5-13,16,26H,1-4H3,(H,27,28,29,30). The highest BCUT2D eigenvalue weighted by atomic mass is 16.3. The first-order valence-electron chi connectivity index (χ1n) is 10.7. The fourth-order valence-corrected chi connectivity index (χ4v) is 4.19. The monoisotopic (exact) mass is 440 g/mol. The molecule has 1 unspecified atom stereocenters. The summed E-state index contributed by atoms with van der Waals surface area (Å²) in [6.45, 7) is 5.85. The Labute approximate surface area is 190 Å². The zero-order valence-corrected chi connectivity index (χ0v) is 18.9. The van der Waals surface area contributed by atoms with Gasteiger partial charge in [-0.05, 0) is 55.8 Å². The highest BCUT2D eigenvalue weighted by molar-refractivity contribution is 5.85. The molecule has 0 saturated heterocycles. The van der Waals surface area contributed by atoms with Crippen molar-refractivity contribution in [2.45, 2.75) is 26.8 Å². The number of hydrogen-bond donors (Lipinski definition) is 2. The number of anilines is 1. The number of hydrogen-bond acceptors (Lipinski definition) is 6. The lowest BCUT2D eigenvalue weighted by Gasteiger charge is -2.20. The van der Waals surface area contributed by atoms with E-state index in [1.165, 1.54) is 0 Å². The molecule has 0 radical (unpaired) electrons. The highest BCUT2D eigenvalue weighted by Crippen LogP contribution is 2.34. The molecule has 0 spiro atoms. The Kier molecular flexibility index (Phi) is 5.05. The van der Waals surface area contributed by atoms with Gasteiger partial charge in [-0.25, -0.2) is 0 Å². The van der Waals surface area contributed by atoms with Crippen LogP contribution < -0.4 is 10.7 Å². The minimum absolute atomic E-state index is 0.0144. The number of fused-ring (bicyclic) bond motifs is 1. The summed E-state index contributed by atoms with van der Waals surface area (Å²) in [6, 6.07) is 13.5. The Hall–Kier alpha value is -4.20. The molecule has 0 fully saturated rings. The van der Waals surface area contributed by atoms with Crippen LogP contribution >= 0.6 is 0 Å². The van der Waals surface area contributed by atoms with Gasteiger partial charge < -0.3 is 14.3 Å². The fraction of sp³-hybridized carbons (Fsp3) is 0.200. The summed E-state index contributed by atoms with van der Waals surface area (Å²) in [5.41, 5.74) is 5.65. The summed E-state index contributed by atoms with van der Waals surface area (Å²) in [5.74, 6) is 1.10. The van der Waals surface area contributed by atoms with Crippen molar-refractivity contribution in [3.8, 4) is 22.7 Å². The normalized spacial score (nSPS) is 12.2. The van der Waals surface area contributed by atoms with Gasteiger partial charge in [0, 0.05) is 47.4 Å². The topological polar surface area (TPSA) is 102 Å². The molecule has 5 aromatic rings. The number of rotatable bonds is 5. The first-order valence-corrected chi connectivity index (χ1v) is 10.7. The molecule has 8 nitrogen and oxygen atoms in total. The molecule has 3 heterocycles. The van der Waals surface area contributed by atoms with E-state index in [9.17, 15) is 4.79 Å². The number of nitrogens with zero attached hydrogens (tertiary/aromatic N) is 4. The van der Waals surface area contributed by atoms with Crippen molar-refractivity contribution >= 4 is 16.7 Å². The van der Waals surface area contributed by atoms with Gasteiger partial charge in [-0.1, -0.05) is 18.2 Å². The van der Waals surface area contributed by atoms with Gasteiger partial charge in [-0.3, -0.25) is 4.79 Å². The van der Waals surface area contributed by atoms with Gasteiger partial charge in [0.05, 0.1) is 11.4 Å². The maximum Gasteiger partial charge on any atom is 0.206 e. The van der Waals surface area contributed by atoms with E-state index >= 15 is 0 Å². The van der Waals surface area contributed by atoms with Crippen LogP contribution in [0.4, 0.5) is 5.69 Å². The fourth-order valence-electron chi connectivity index (χ4n) is 4.19. The number of aryl methyl sites for hydroxylation is 2. The maximum atomic E-state index is 13.3. The van der Waals surface area contributed by atoms with Crippen LogP contribution in [0, 0.1) is 13.8 Å². The van der Waals surface area contributed by atoms with E-state index in [2.05, 4.69) is 32.0 Å². The number of aromatic amines is 1. The van der Waals surface area contributed by atoms with Gasteiger partial charge >= 0.3 is 0 Å². The molecule has 2 N–H and O–H groups in total. The molecule has 0 aliphatic carbocycles. The van der Waals surface area contributed by atoms with Crippen molar-refractivity contribution in [1.29, 1.82) is 0 Å². The van der Waals surface area contributed by atoms with E-state index in [1.54, 1.807) is 0 Å². The number of para-hydroxylation sites is 1. The lowest BCUT2D eigenvalue weighted by atomic mass is 9.99. The molecule has 0 amide bonds. The quantitative estimate of drug-likeness (QED) is 0.408. The Morgan fingerprint density at radius 3 is 2.70 bits per heavy atom. The molecule has 5 rings (SSSR count). The number of aromatic nitrogens is 5. The van der Waals surface area contributed by atoms with Crippen LogP contribution in [0.5, 0.6) is 0 Å². The van der Waals surface area contributed by atoms with Gasteiger partial charge in [0.15, 0.2) is 5.43 Å². The molecular formula is C25H24N6O2. The van der Waals surface area contributed by atoms with Crippen molar-refractivity contribution in [2.24, 2.45) is 7.05 Å². The van der Waals surface area contributed by atoms with Crippen molar-refractivity contribution in [3.05, 3.63) is 81.8 Å². The van der Waals surface area contributed by atoms with Crippen LogP contribution in [0.2, 0.25) is 0 Å². The Morgan fingerprint density at radius 1 is 1.15 bits per heavy atom. The summed E-state index contributed by atoms with van der Waals surface area (Å²) in [7, 11) is 1.94. The molecule has 166 valence electrons. The molecule has 0 saturated carbocycles. The molecular weight excluding hydrogens is 416 g/mol. The summed E-state index contributed by atoms with van der Waals surface area (Å²) in [5, 5.41) is 18.5. The lowest BCUT2D eigenvalue weighted by molar-refractivity contribution is 0.605. The molecule has 8 heteroatoms. The zero-order chi connectivity index (χ0) is 23.1. The van der Waals surface area contributed by atoms with Crippen molar-refractivity contribution < 1.29 is 4.42 Å². The second-order valence-electron chi connectivity index (χ2n) is 8.33. The SMILES string of the molecule is Cc1cc(C(C)Nc2ccccc2-c2nn[nH]n2)c2oc(-c3ccn(C)c3)c(C)c(=O)c2c1. The van der Waals surface area contributed by atoms with E-state index in [1.807, 2.05) is 81.2 Å². The van der Waals surface area contributed by atoms with E-state index < -0.39 is 0 Å². The number of benzene rings is 2. The van der Waals surface area contributed by atoms with Gasteiger partial charge in [0.25, 0.3) is 0 Å².